The number of hydrogen-bond donors (Lipinski definition) is 2. The average molecular weight is 260 g/mol. The van der Waals surface area contributed by atoms with Gasteiger partial charge in [0.05, 0.1) is 11.7 Å². The molecule has 0 aromatic carbocycles. The fourth-order valence-corrected chi connectivity index (χ4v) is 1.64. The van der Waals surface area contributed by atoms with Crippen molar-refractivity contribution in [3.05, 3.63) is 0 Å². The molecule has 0 rings (SSSR count). The van der Waals surface area contributed by atoms with Gasteiger partial charge in [-0.1, -0.05) is 47.5 Å². The lowest BCUT2D eigenvalue weighted by molar-refractivity contribution is 0.0211. The molecule has 18 heavy (non-hydrogen) atoms. The van der Waals surface area contributed by atoms with E-state index in [-0.39, 0.29) is 11.5 Å². The highest BCUT2D eigenvalue weighted by Gasteiger charge is 2.22. The second kappa shape index (κ2) is 8.92. The van der Waals surface area contributed by atoms with Crippen molar-refractivity contribution >= 4 is 0 Å². The van der Waals surface area contributed by atoms with E-state index < -0.39 is 5.60 Å². The minimum atomic E-state index is -0.490. The molecule has 2 nitrogen and oxygen atoms in total. The summed E-state index contributed by atoms with van der Waals surface area (Å²) in [6.45, 7) is 16.2. The molecular weight excluding hydrogens is 224 g/mol. The molecule has 0 aromatic rings. The van der Waals surface area contributed by atoms with Gasteiger partial charge in [0, 0.05) is 0 Å². The van der Waals surface area contributed by atoms with E-state index >= 15 is 0 Å². The molecule has 0 aliphatic rings. The van der Waals surface area contributed by atoms with Gasteiger partial charge in [-0.05, 0) is 44.9 Å². The van der Waals surface area contributed by atoms with E-state index in [1.165, 1.54) is 0 Å². The first-order valence-corrected chi connectivity index (χ1v) is 7.39. The van der Waals surface area contributed by atoms with Crippen LogP contribution < -0.4 is 0 Å². The van der Waals surface area contributed by atoms with Crippen LogP contribution in [0.25, 0.3) is 0 Å². The summed E-state index contributed by atoms with van der Waals surface area (Å²) in [5, 5.41) is 18.6. The zero-order valence-corrected chi connectivity index (χ0v) is 13.9. The van der Waals surface area contributed by atoms with Crippen molar-refractivity contribution in [2.24, 2.45) is 11.3 Å². The van der Waals surface area contributed by atoms with Crippen LogP contribution in [0, 0.1) is 11.3 Å². The monoisotopic (exact) mass is 260 g/mol. The van der Waals surface area contributed by atoms with E-state index in [2.05, 4.69) is 34.6 Å². The zero-order valence-electron chi connectivity index (χ0n) is 13.9. The van der Waals surface area contributed by atoms with Gasteiger partial charge in [-0.25, -0.2) is 0 Å². The van der Waals surface area contributed by atoms with Crippen LogP contribution in [0.5, 0.6) is 0 Å². The van der Waals surface area contributed by atoms with Crippen LogP contribution in [0.3, 0.4) is 0 Å². The Bertz CT molecular complexity index is 190. The quantitative estimate of drug-likeness (QED) is 0.743. The molecule has 0 spiro atoms. The van der Waals surface area contributed by atoms with Crippen LogP contribution in [-0.2, 0) is 0 Å². The van der Waals surface area contributed by atoms with Crippen LogP contribution in [0.1, 0.15) is 81.1 Å². The first kappa shape index (κ1) is 20.2. The van der Waals surface area contributed by atoms with Crippen molar-refractivity contribution in [1.29, 1.82) is 0 Å². The topological polar surface area (TPSA) is 40.5 Å². The molecule has 2 unspecified atom stereocenters. The summed E-state index contributed by atoms with van der Waals surface area (Å²) in [4.78, 5) is 0. The van der Waals surface area contributed by atoms with Crippen molar-refractivity contribution in [1.82, 2.24) is 0 Å². The molecule has 112 valence electrons. The zero-order chi connectivity index (χ0) is 15.0. The van der Waals surface area contributed by atoms with Crippen molar-refractivity contribution in [3.8, 4) is 0 Å². The van der Waals surface area contributed by atoms with Gasteiger partial charge >= 0.3 is 0 Å². The van der Waals surface area contributed by atoms with Crippen LogP contribution in [-0.4, -0.2) is 21.9 Å². The molecule has 0 fully saturated rings. The normalized spacial score (nSPS) is 15.7. The van der Waals surface area contributed by atoms with Crippen LogP contribution in [0.2, 0.25) is 0 Å². The van der Waals surface area contributed by atoms with Crippen molar-refractivity contribution in [2.45, 2.75) is 92.8 Å². The molecule has 2 atom stereocenters. The Labute approximate surface area is 115 Å². The average Bonchev–Trinajstić information content (AvgIpc) is 2.17. The Morgan fingerprint density at radius 3 is 1.50 bits per heavy atom. The van der Waals surface area contributed by atoms with E-state index in [1.807, 2.05) is 20.8 Å². The Balaban J connectivity index is 0. The number of hydrogen-bond acceptors (Lipinski definition) is 2. The predicted molar refractivity (Wildman–Crippen MR) is 80.7 cm³/mol. The third kappa shape index (κ3) is 9.90. The van der Waals surface area contributed by atoms with Gasteiger partial charge in [-0.2, -0.15) is 0 Å². The molecule has 0 saturated heterocycles. The molecule has 2 N–H and O–H groups in total. The minimum Gasteiger partial charge on any atom is -0.393 e. The lowest BCUT2D eigenvalue weighted by Gasteiger charge is -2.27. The van der Waals surface area contributed by atoms with Crippen molar-refractivity contribution in [3.63, 3.8) is 0 Å². The highest BCUT2D eigenvalue weighted by molar-refractivity contribution is 4.73. The van der Waals surface area contributed by atoms with Crippen molar-refractivity contribution in [2.75, 3.05) is 0 Å². The van der Waals surface area contributed by atoms with Gasteiger partial charge in [-0.15, -0.1) is 0 Å². The Kier molecular flexibility index (Phi) is 10.0. The van der Waals surface area contributed by atoms with Crippen LogP contribution in [0.15, 0.2) is 0 Å². The number of rotatable bonds is 6. The van der Waals surface area contributed by atoms with E-state index in [9.17, 15) is 10.2 Å². The van der Waals surface area contributed by atoms with Gasteiger partial charge in [0.1, 0.15) is 0 Å². The Morgan fingerprint density at radius 1 is 0.944 bits per heavy atom. The van der Waals surface area contributed by atoms with Gasteiger partial charge in [0.15, 0.2) is 0 Å². The molecule has 0 heterocycles. The molecule has 0 amide bonds. The lowest BCUT2D eigenvalue weighted by Crippen LogP contribution is -2.28. The van der Waals surface area contributed by atoms with Gasteiger partial charge < -0.3 is 10.2 Å². The molecular formula is C16H36O2. The van der Waals surface area contributed by atoms with Crippen LogP contribution >= 0.6 is 0 Å². The molecule has 0 saturated carbocycles. The second-order valence-electron chi connectivity index (χ2n) is 6.76. The largest absolute Gasteiger partial charge is 0.393 e. The lowest BCUT2D eigenvalue weighted by atomic mass is 9.83. The van der Waals surface area contributed by atoms with E-state index in [4.69, 9.17) is 0 Å². The van der Waals surface area contributed by atoms with Crippen molar-refractivity contribution < 1.29 is 10.2 Å². The molecule has 2 heteroatoms. The molecule has 0 aromatic heterocycles. The number of aliphatic hydroxyl groups excluding tert-OH is 1. The SMILES string of the molecule is CCCC(C)(C)C(C)O.CCCC(C)C(C)(C)O. The highest BCUT2D eigenvalue weighted by Crippen LogP contribution is 2.25. The number of aliphatic hydroxyl groups is 2. The first-order chi connectivity index (χ1) is 7.99. The third-order valence-electron chi connectivity index (χ3n) is 3.95. The second-order valence-corrected chi connectivity index (χ2v) is 6.76. The summed E-state index contributed by atoms with van der Waals surface area (Å²) < 4.78 is 0. The van der Waals surface area contributed by atoms with Gasteiger partial charge in [0.2, 0.25) is 0 Å². The standard InChI is InChI=1S/2C8H18O/c1-5-6-8(3,4)7(2)9;1-5-6-7(2)8(3,4)9/h2*7,9H,5-6H2,1-4H3. The maximum Gasteiger partial charge on any atom is 0.0617 e. The highest BCUT2D eigenvalue weighted by atomic mass is 16.3. The smallest absolute Gasteiger partial charge is 0.0617 e. The summed E-state index contributed by atoms with van der Waals surface area (Å²) >= 11 is 0. The van der Waals surface area contributed by atoms with E-state index in [1.54, 1.807) is 0 Å². The van der Waals surface area contributed by atoms with E-state index in [0.717, 1.165) is 25.7 Å². The Morgan fingerprint density at radius 2 is 1.39 bits per heavy atom. The molecule has 0 radical (unpaired) electrons. The maximum absolute atomic E-state index is 9.42. The summed E-state index contributed by atoms with van der Waals surface area (Å²) in [5.41, 5.74) is -0.384. The fourth-order valence-electron chi connectivity index (χ4n) is 1.64. The van der Waals surface area contributed by atoms with Gasteiger partial charge in [0.25, 0.3) is 0 Å². The summed E-state index contributed by atoms with van der Waals surface area (Å²) in [6, 6.07) is 0. The molecule has 0 bridgehead atoms. The molecule has 0 aliphatic carbocycles. The third-order valence-corrected chi connectivity index (χ3v) is 3.95. The fraction of sp³-hybridized carbons (Fsp3) is 1.00. The first-order valence-electron chi connectivity index (χ1n) is 7.39. The summed E-state index contributed by atoms with van der Waals surface area (Å²) in [7, 11) is 0. The molecule has 0 aliphatic heterocycles. The maximum atomic E-state index is 9.42. The predicted octanol–water partition coefficient (Wildman–Crippen LogP) is 4.39. The van der Waals surface area contributed by atoms with Gasteiger partial charge in [-0.3, -0.25) is 0 Å². The Hall–Kier alpha value is -0.0800. The summed E-state index contributed by atoms with van der Waals surface area (Å²) in [5.74, 6) is 0.419. The minimum absolute atomic E-state index is 0.106. The van der Waals surface area contributed by atoms with E-state index in [0.29, 0.717) is 5.92 Å². The summed E-state index contributed by atoms with van der Waals surface area (Å²) in [6.07, 6.45) is 4.34. The van der Waals surface area contributed by atoms with Crippen LogP contribution in [0.4, 0.5) is 0 Å².